The largest absolute Gasteiger partial charge is 0.338 e. The molecule has 2 amide bonds. The maximum absolute atomic E-state index is 12.4. The maximum atomic E-state index is 12.4. The molecule has 3 heterocycles. The molecule has 2 aromatic heterocycles. The minimum Gasteiger partial charge on any atom is -0.338 e. The first-order valence-corrected chi connectivity index (χ1v) is 8.11. The minimum atomic E-state index is 0.0209. The van der Waals surface area contributed by atoms with E-state index in [4.69, 9.17) is 0 Å². The maximum Gasteiger partial charge on any atom is 0.255 e. The Morgan fingerprint density at radius 1 is 1.08 bits per heavy atom. The fourth-order valence-electron chi connectivity index (χ4n) is 3.65. The second-order valence-corrected chi connectivity index (χ2v) is 6.44. The highest BCUT2D eigenvalue weighted by Gasteiger charge is 2.56. The molecule has 0 radical (unpaired) electrons. The van der Waals surface area contributed by atoms with E-state index in [-0.39, 0.29) is 11.8 Å². The van der Waals surface area contributed by atoms with Gasteiger partial charge in [0, 0.05) is 38.1 Å². The van der Waals surface area contributed by atoms with Gasteiger partial charge < -0.3 is 10.2 Å². The third kappa shape index (κ3) is 2.87. The van der Waals surface area contributed by atoms with Crippen LogP contribution >= 0.6 is 0 Å². The van der Waals surface area contributed by atoms with E-state index in [0.717, 1.165) is 18.8 Å². The predicted molar refractivity (Wildman–Crippen MR) is 88.1 cm³/mol. The molecule has 2 aliphatic rings. The number of pyridine rings is 2. The molecule has 2 fully saturated rings. The number of aromatic nitrogens is 2. The van der Waals surface area contributed by atoms with E-state index < -0.39 is 0 Å². The zero-order chi connectivity index (χ0) is 16.5. The van der Waals surface area contributed by atoms with Gasteiger partial charge in [0.05, 0.1) is 17.4 Å². The number of carbonyl (C=O) groups is 2. The molecular weight excluding hydrogens is 304 g/mol. The molecule has 1 aliphatic carbocycles. The molecule has 1 unspecified atom stereocenters. The van der Waals surface area contributed by atoms with Crippen molar-refractivity contribution in [3.63, 3.8) is 0 Å². The molecule has 1 saturated carbocycles. The summed E-state index contributed by atoms with van der Waals surface area (Å²) in [5.74, 6) is 1.34. The topological polar surface area (TPSA) is 75.2 Å². The van der Waals surface area contributed by atoms with E-state index in [1.54, 1.807) is 43.0 Å². The molecule has 3 atom stereocenters. The Balaban J connectivity index is 1.28. The van der Waals surface area contributed by atoms with Crippen molar-refractivity contribution in [1.29, 1.82) is 0 Å². The van der Waals surface area contributed by atoms with Crippen LogP contribution in [0.15, 0.2) is 49.1 Å². The van der Waals surface area contributed by atoms with Crippen LogP contribution in [-0.2, 0) is 4.79 Å². The summed E-state index contributed by atoms with van der Waals surface area (Å²) in [7, 11) is 0. The van der Waals surface area contributed by atoms with Crippen molar-refractivity contribution in [2.75, 3.05) is 18.4 Å². The van der Waals surface area contributed by atoms with Gasteiger partial charge in [-0.2, -0.15) is 0 Å². The quantitative estimate of drug-likeness (QED) is 0.932. The Hall–Kier alpha value is -2.76. The lowest BCUT2D eigenvalue weighted by Crippen LogP contribution is -2.32. The van der Waals surface area contributed by atoms with Gasteiger partial charge in [-0.3, -0.25) is 19.6 Å². The fourth-order valence-corrected chi connectivity index (χ4v) is 3.65. The molecule has 24 heavy (non-hydrogen) atoms. The lowest BCUT2D eigenvalue weighted by molar-refractivity contribution is -0.116. The van der Waals surface area contributed by atoms with Crippen molar-refractivity contribution in [2.45, 2.75) is 6.42 Å². The van der Waals surface area contributed by atoms with E-state index in [0.29, 0.717) is 29.7 Å². The Kier molecular flexibility index (Phi) is 3.72. The van der Waals surface area contributed by atoms with Gasteiger partial charge in [0.25, 0.3) is 5.91 Å². The van der Waals surface area contributed by atoms with Crippen LogP contribution in [0.1, 0.15) is 16.8 Å². The molecule has 6 nitrogen and oxygen atoms in total. The van der Waals surface area contributed by atoms with E-state index in [1.807, 2.05) is 11.0 Å². The Bertz CT molecular complexity index is 738. The molecule has 1 saturated heterocycles. The van der Waals surface area contributed by atoms with Crippen LogP contribution in [-0.4, -0.2) is 39.8 Å². The number of likely N-dealkylation sites (tertiary alicyclic amines) is 1. The van der Waals surface area contributed by atoms with Gasteiger partial charge in [-0.05, 0) is 42.0 Å². The van der Waals surface area contributed by atoms with Crippen LogP contribution in [0.25, 0.3) is 0 Å². The number of hydrogen-bond donors (Lipinski definition) is 1. The fraction of sp³-hybridized carbons (Fsp3) is 0.333. The van der Waals surface area contributed by atoms with E-state index in [2.05, 4.69) is 15.3 Å². The molecule has 4 rings (SSSR count). The number of carbonyl (C=O) groups excluding carboxylic acids is 2. The van der Waals surface area contributed by atoms with Gasteiger partial charge in [0.15, 0.2) is 0 Å². The molecule has 122 valence electrons. The third-order valence-corrected chi connectivity index (χ3v) is 4.93. The van der Waals surface area contributed by atoms with Gasteiger partial charge in [-0.15, -0.1) is 0 Å². The summed E-state index contributed by atoms with van der Waals surface area (Å²) in [6.45, 7) is 1.48. The number of nitrogens with zero attached hydrogens (tertiary/aromatic N) is 3. The van der Waals surface area contributed by atoms with Crippen LogP contribution in [0.2, 0.25) is 0 Å². The summed E-state index contributed by atoms with van der Waals surface area (Å²) >= 11 is 0. The second kappa shape index (κ2) is 6.03. The monoisotopic (exact) mass is 322 g/mol. The van der Waals surface area contributed by atoms with Gasteiger partial charge in [-0.1, -0.05) is 0 Å². The van der Waals surface area contributed by atoms with Crippen molar-refractivity contribution in [3.8, 4) is 0 Å². The second-order valence-electron chi connectivity index (χ2n) is 6.44. The molecule has 0 bridgehead atoms. The summed E-state index contributed by atoms with van der Waals surface area (Å²) in [5.41, 5.74) is 1.35. The van der Waals surface area contributed by atoms with Gasteiger partial charge >= 0.3 is 0 Å². The Morgan fingerprint density at radius 3 is 2.42 bits per heavy atom. The number of amides is 2. The van der Waals surface area contributed by atoms with Crippen LogP contribution in [0.4, 0.5) is 5.69 Å². The molecule has 0 spiro atoms. The number of nitrogens with one attached hydrogen (secondary N) is 1. The smallest absolute Gasteiger partial charge is 0.255 e. The SMILES string of the molecule is O=C(CC1[C@H]2CN(C(=O)c3cccnc3)C[C@@H]12)Nc1cccnc1. The van der Waals surface area contributed by atoms with Crippen molar-refractivity contribution < 1.29 is 9.59 Å². The highest BCUT2D eigenvalue weighted by atomic mass is 16.2. The van der Waals surface area contributed by atoms with Crippen molar-refractivity contribution in [2.24, 2.45) is 17.8 Å². The Labute approximate surface area is 139 Å². The van der Waals surface area contributed by atoms with Crippen molar-refractivity contribution in [3.05, 3.63) is 54.6 Å². The number of hydrogen-bond acceptors (Lipinski definition) is 4. The van der Waals surface area contributed by atoms with E-state index in [9.17, 15) is 9.59 Å². The summed E-state index contributed by atoms with van der Waals surface area (Å²) in [6, 6.07) is 7.18. The van der Waals surface area contributed by atoms with E-state index in [1.165, 1.54) is 0 Å². The number of piperidine rings is 1. The molecular formula is C18H18N4O2. The predicted octanol–water partition coefficient (Wildman–Crippen LogP) is 1.82. The number of fused-ring (bicyclic) bond motifs is 1. The molecule has 0 aromatic carbocycles. The molecule has 6 heteroatoms. The van der Waals surface area contributed by atoms with Crippen molar-refractivity contribution in [1.82, 2.24) is 14.9 Å². The highest BCUT2D eigenvalue weighted by molar-refractivity contribution is 5.94. The summed E-state index contributed by atoms with van der Waals surface area (Å²) in [4.78, 5) is 34.3. The van der Waals surface area contributed by atoms with Gasteiger partial charge in [0.2, 0.25) is 5.91 Å². The van der Waals surface area contributed by atoms with Crippen LogP contribution in [0.5, 0.6) is 0 Å². The normalized spacial score (nSPS) is 24.3. The number of anilines is 1. The zero-order valence-corrected chi connectivity index (χ0v) is 13.1. The van der Waals surface area contributed by atoms with E-state index >= 15 is 0 Å². The summed E-state index contributed by atoms with van der Waals surface area (Å²) < 4.78 is 0. The molecule has 2 aromatic rings. The first-order valence-electron chi connectivity index (χ1n) is 8.11. The van der Waals surface area contributed by atoms with Crippen molar-refractivity contribution >= 4 is 17.5 Å². The van der Waals surface area contributed by atoms with Gasteiger partial charge in [0.1, 0.15) is 0 Å². The van der Waals surface area contributed by atoms with Gasteiger partial charge in [-0.25, -0.2) is 0 Å². The molecule has 1 N–H and O–H groups in total. The number of rotatable bonds is 4. The van der Waals surface area contributed by atoms with Crippen LogP contribution in [0.3, 0.4) is 0 Å². The highest BCUT2D eigenvalue weighted by Crippen LogP contribution is 2.53. The zero-order valence-electron chi connectivity index (χ0n) is 13.1. The minimum absolute atomic E-state index is 0.0209. The lowest BCUT2D eigenvalue weighted by Gasteiger charge is -2.19. The Morgan fingerprint density at radius 2 is 1.79 bits per heavy atom. The van der Waals surface area contributed by atoms with Crippen LogP contribution < -0.4 is 5.32 Å². The first kappa shape index (κ1) is 14.8. The average Bonchev–Trinajstić information content (AvgIpc) is 3.06. The third-order valence-electron chi connectivity index (χ3n) is 4.93. The first-order chi connectivity index (χ1) is 11.7. The molecule has 1 aliphatic heterocycles. The summed E-state index contributed by atoms with van der Waals surface area (Å²) in [6.07, 6.45) is 7.09. The summed E-state index contributed by atoms with van der Waals surface area (Å²) in [5, 5.41) is 2.87. The average molecular weight is 322 g/mol. The standard InChI is InChI=1S/C18H18N4O2/c23-17(21-13-4-2-6-20-9-13)7-14-15-10-22(11-16(14)15)18(24)12-3-1-5-19-8-12/h1-6,8-9,14-16H,7,10-11H2,(H,21,23)/t14?,15-,16+. The lowest BCUT2D eigenvalue weighted by atomic mass is 10.1. The van der Waals surface area contributed by atoms with Crippen LogP contribution in [0, 0.1) is 17.8 Å².